The monoisotopic (exact) mass is 504 g/mol. The molecule has 4 aromatic rings. The van der Waals surface area contributed by atoms with Crippen molar-refractivity contribution in [2.45, 2.75) is 33.7 Å². The van der Waals surface area contributed by atoms with Crippen molar-refractivity contribution in [1.29, 1.82) is 0 Å². The van der Waals surface area contributed by atoms with Gasteiger partial charge in [-0.2, -0.15) is 5.10 Å². The van der Waals surface area contributed by atoms with Crippen LogP contribution in [0.5, 0.6) is 5.75 Å². The van der Waals surface area contributed by atoms with E-state index >= 15 is 0 Å². The summed E-state index contributed by atoms with van der Waals surface area (Å²) in [5.74, 6) is 1.88. The van der Waals surface area contributed by atoms with Gasteiger partial charge in [0.2, 0.25) is 0 Å². The number of aryl methyl sites for hydroxylation is 1. The first-order chi connectivity index (χ1) is 18.5. The van der Waals surface area contributed by atoms with E-state index in [0.29, 0.717) is 0 Å². The number of methoxy groups -OCH3 is 1. The maximum atomic E-state index is 5.41. The Morgan fingerprint density at radius 3 is 2.32 bits per heavy atom. The number of hydrogen-bond acceptors (Lipinski definition) is 5. The first kappa shape index (κ1) is 25.5. The Morgan fingerprint density at radius 1 is 0.921 bits per heavy atom. The summed E-state index contributed by atoms with van der Waals surface area (Å²) in [6.07, 6.45) is 4.32. The number of para-hydroxylation sites is 1. The van der Waals surface area contributed by atoms with Gasteiger partial charge in [0.15, 0.2) is 0 Å². The normalized spacial score (nSPS) is 17.3. The van der Waals surface area contributed by atoms with Crippen LogP contribution in [0.2, 0.25) is 0 Å². The average molecular weight is 505 g/mol. The molecule has 38 heavy (non-hydrogen) atoms. The van der Waals surface area contributed by atoms with Gasteiger partial charge in [0.25, 0.3) is 0 Å². The Labute approximate surface area is 226 Å². The van der Waals surface area contributed by atoms with Crippen LogP contribution >= 0.6 is 0 Å². The van der Waals surface area contributed by atoms with Gasteiger partial charge in [-0.25, -0.2) is 9.99 Å². The molecule has 194 valence electrons. The van der Waals surface area contributed by atoms with Crippen molar-refractivity contribution >= 4 is 34.2 Å². The predicted octanol–water partition coefficient (Wildman–Crippen LogP) is 7.66. The molecular formula is C33H36N4O. The highest BCUT2D eigenvalue weighted by atomic mass is 16.5. The molecule has 0 bridgehead atoms. The van der Waals surface area contributed by atoms with E-state index in [-0.39, 0.29) is 12.0 Å². The van der Waals surface area contributed by atoms with Crippen LogP contribution in [-0.2, 0) is 0 Å². The molecule has 0 radical (unpaired) electrons. The second kappa shape index (κ2) is 11.1. The lowest BCUT2D eigenvalue weighted by atomic mass is 9.91. The van der Waals surface area contributed by atoms with Crippen molar-refractivity contribution in [3.05, 3.63) is 102 Å². The van der Waals surface area contributed by atoms with Gasteiger partial charge in [-0.3, -0.25) is 0 Å². The van der Waals surface area contributed by atoms with E-state index in [1.807, 2.05) is 18.2 Å². The number of ether oxygens (including phenoxy) is 1. The molecular weight excluding hydrogens is 468 g/mol. The molecule has 2 heterocycles. The van der Waals surface area contributed by atoms with Crippen molar-refractivity contribution in [3.8, 4) is 5.75 Å². The van der Waals surface area contributed by atoms with Gasteiger partial charge in [0.1, 0.15) is 11.6 Å². The molecule has 0 spiro atoms. The molecule has 5 heteroatoms. The third-order valence-electron chi connectivity index (χ3n) is 7.50. The summed E-state index contributed by atoms with van der Waals surface area (Å²) in [5, 5.41) is 8.40. The number of hydrazone groups is 1. The lowest BCUT2D eigenvalue weighted by Crippen LogP contribution is -2.24. The fourth-order valence-corrected chi connectivity index (χ4v) is 5.28. The van der Waals surface area contributed by atoms with Gasteiger partial charge in [0, 0.05) is 30.1 Å². The van der Waals surface area contributed by atoms with Crippen molar-refractivity contribution < 1.29 is 4.74 Å². The fraction of sp³-hybridized carbons (Fsp3) is 0.273. The fourth-order valence-electron chi connectivity index (χ4n) is 5.28. The van der Waals surface area contributed by atoms with Crippen LogP contribution in [0.1, 0.15) is 43.5 Å². The minimum atomic E-state index is 0.0265. The minimum absolute atomic E-state index is 0.0265. The third-order valence-corrected chi connectivity index (χ3v) is 7.50. The van der Waals surface area contributed by atoms with E-state index in [1.54, 1.807) is 7.11 Å². The second-order valence-corrected chi connectivity index (χ2v) is 9.79. The summed E-state index contributed by atoms with van der Waals surface area (Å²) in [5.41, 5.74) is 6.81. The maximum absolute atomic E-state index is 5.41. The van der Waals surface area contributed by atoms with Gasteiger partial charge in [-0.15, -0.1) is 0 Å². The zero-order valence-electron chi connectivity index (χ0n) is 22.9. The van der Waals surface area contributed by atoms with E-state index in [9.17, 15) is 0 Å². The maximum Gasteiger partial charge on any atom is 0.150 e. The molecule has 2 atom stereocenters. The Morgan fingerprint density at radius 2 is 1.63 bits per heavy atom. The Balaban J connectivity index is 1.50. The third kappa shape index (κ3) is 5.01. The number of rotatable bonds is 8. The molecule has 0 amide bonds. The van der Waals surface area contributed by atoms with Gasteiger partial charge in [-0.1, -0.05) is 55.5 Å². The molecule has 1 aromatic heterocycles. The number of fused-ring (bicyclic) bond motifs is 1. The van der Waals surface area contributed by atoms with Crippen LogP contribution in [0.15, 0.2) is 90.0 Å². The van der Waals surface area contributed by atoms with Crippen LogP contribution in [0.3, 0.4) is 0 Å². The van der Waals surface area contributed by atoms with E-state index in [2.05, 4.69) is 110 Å². The van der Waals surface area contributed by atoms with Crippen molar-refractivity contribution in [3.63, 3.8) is 0 Å². The summed E-state index contributed by atoms with van der Waals surface area (Å²) in [4.78, 5) is 7.38. The van der Waals surface area contributed by atoms with Crippen molar-refractivity contribution in [2.24, 2.45) is 11.0 Å². The quantitative estimate of drug-likeness (QED) is 0.247. The van der Waals surface area contributed by atoms with E-state index in [1.165, 1.54) is 22.2 Å². The molecule has 0 saturated carbocycles. The Bertz CT molecular complexity index is 1450. The van der Waals surface area contributed by atoms with E-state index in [0.717, 1.165) is 41.4 Å². The Hall–Kier alpha value is -4.12. The first-order valence-corrected chi connectivity index (χ1v) is 13.4. The molecule has 0 fully saturated rings. The van der Waals surface area contributed by atoms with Gasteiger partial charge >= 0.3 is 0 Å². The average Bonchev–Trinajstić information content (AvgIpc) is 3.29. The summed E-state index contributed by atoms with van der Waals surface area (Å²) in [7, 11) is 1.70. The number of nitrogens with zero attached hydrogens (tertiary/aromatic N) is 4. The molecule has 3 aromatic carbocycles. The van der Waals surface area contributed by atoms with Gasteiger partial charge < -0.3 is 9.64 Å². The standard InChI is InChI=1S/C33H36N4O/c1-6-36(7-2)27-17-12-25(13-18-27)14-21-30-24(4)33(26-15-19-28(38-5)20-16-26)37(35-30)32-22-23(3)29-10-8-9-11-31(29)34-32/h8-22,24,33H,6-7H2,1-5H3. The minimum Gasteiger partial charge on any atom is -0.497 e. The number of aromatic nitrogens is 1. The summed E-state index contributed by atoms with van der Waals surface area (Å²) in [6.45, 7) is 10.8. The van der Waals surface area contributed by atoms with Crippen LogP contribution in [0.4, 0.5) is 11.5 Å². The lowest BCUT2D eigenvalue weighted by Gasteiger charge is -2.26. The molecule has 1 aliphatic rings. The summed E-state index contributed by atoms with van der Waals surface area (Å²) < 4.78 is 5.41. The second-order valence-electron chi connectivity index (χ2n) is 9.79. The van der Waals surface area contributed by atoms with Crippen LogP contribution < -0.4 is 14.6 Å². The highest BCUT2D eigenvalue weighted by molar-refractivity contribution is 6.02. The largest absolute Gasteiger partial charge is 0.497 e. The molecule has 2 unspecified atom stereocenters. The molecule has 0 aliphatic carbocycles. The van der Waals surface area contributed by atoms with Crippen LogP contribution in [0, 0.1) is 12.8 Å². The SMILES string of the molecule is CCN(CC)c1ccc(C=CC2=NN(c3cc(C)c4ccccc4n3)C(c3ccc(OC)cc3)C2C)cc1. The smallest absolute Gasteiger partial charge is 0.150 e. The zero-order chi connectivity index (χ0) is 26.6. The number of hydrogen-bond donors (Lipinski definition) is 0. The highest BCUT2D eigenvalue weighted by Crippen LogP contribution is 2.40. The molecule has 5 nitrogen and oxygen atoms in total. The molecule has 0 N–H and O–H groups in total. The van der Waals surface area contributed by atoms with E-state index in [4.69, 9.17) is 14.8 Å². The van der Waals surface area contributed by atoms with Gasteiger partial charge in [0.05, 0.1) is 24.4 Å². The first-order valence-electron chi connectivity index (χ1n) is 13.4. The number of benzene rings is 3. The van der Waals surface area contributed by atoms with E-state index < -0.39 is 0 Å². The Kier molecular flexibility index (Phi) is 7.45. The summed E-state index contributed by atoms with van der Waals surface area (Å²) in [6, 6.07) is 27.5. The highest BCUT2D eigenvalue weighted by Gasteiger charge is 2.36. The van der Waals surface area contributed by atoms with Crippen LogP contribution in [0.25, 0.3) is 17.0 Å². The topological polar surface area (TPSA) is 41.0 Å². The van der Waals surface area contributed by atoms with Gasteiger partial charge in [-0.05, 0) is 79.9 Å². The summed E-state index contributed by atoms with van der Waals surface area (Å²) >= 11 is 0. The number of pyridine rings is 1. The number of anilines is 2. The molecule has 0 saturated heterocycles. The molecule has 5 rings (SSSR count). The number of allylic oxidation sites excluding steroid dienone is 1. The molecule has 1 aliphatic heterocycles. The van der Waals surface area contributed by atoms with Crippen molar-refractivity contribution in [2.75, 3.05) is 30.1 Å². The van der Waals surface area contributed by atoms with Crippen molar-refractivity contribution in [1.82, 2.24) is 4.98 Å². The van der Waals surface area contributed by atoms with Crippen LogP contribution in [-0.4, -0.2) is 30.9 Å². The lowest BCUT2D eigenvalue weighted by molar-refractivity contribution is 0.414. The zero-order valence-corrected chi connectivity index (χ0v) is 22.9. The predicted molar refractivity (Wildman–Crippen MR) is 160 cm³/mol.